The van der Waals surface area contributed by atoms with E-state index >= 15 is 0 Å². The molecule has 0 unspecified atom stereocenters. The van der Waals surface area contributed by atoms with Crippen molar-refractivity contribution in [1.29, 1.82) is 0 Å². The third kappa shape index (κ3) is 4.66. The van der Waals surface area contributed by atoms with E-state index in [0.29, 0.717) is 29.7 Å². The first-order valence-corrected chi connectivity index (χ1v) is 9.99. The summed E-state index contributed by atoms with van der Waals surface area (Å²) < 4.78 is 13.1. The number of nitrogens with one attached hydrogen (secondary N) is 2. The number of nitrogens with zero attached hydrogens (tertiary/aromatic N) is 3. The molecule has 1 aliphatic heterocycles. The summed E-state index contributed by atoms with van der Waals surface area (Å²) >= 11 is 0. The normalized spacial score (nSPS) is 15.0. The van der Waals surface area contributed by atoms with E-state index in [1.807, 2.05) is 50.2 Å². The second kappa shape index (κ2) is 8.86. The summed E-state index contributed by atoms with van der Waals surface area (Å²) in [5.41, 5.74) is 2.66. The molecule has 0 saturated heterocycles. The Morgan fingerprint density at radius 1 is 1.19 bits per heavy atom. The van der Waals surface area contributed by atoms with Gasteiger partial charge in [-0.25, -0.2) is 4.68 Å². The van der Waals surface area contributed by atoms with Gasteiger partial charge in [-0.1, -0.05) is 23.8 Å². The van der Waals surface area contributed by atoms with E-state index in [1.165, 1.54) is 6.33 Å². The van der Waals surface area contributed by atoms with Crippen molar-refractivity contribution in [3.05, 3.63) is 59.9 Å². The van der Waals surface area contributed by atoms with Gasteiger partial charge in [0.25, 0.3) is 5.91 Å². The minimum absolute atomic E-state index is 0.128. The van der Waals surface area contributed by atoms with Crippen LogP contribution in [0, 0.1) is 6.92 Å². The molecule has 2 N–H and O–H groups in total. The number of rotatable bonds is 7. The Morgan fingerprint density at radius 3 is 2.77 bits per heavy atom. The third-order valence-corrected chi connectivity index (χ3v) is 4.84. The summed E-state index contributed by atoms with van der Waals surface area (Å²) in [4.78, 5) is 28.4. The number of anilines is 2. The van der Waals surface area contributed by atoms with Crippen LogP contribution in [0.5, 0.6) is 11.5 Å². The number of carbonyl (C=O) groups excluding carboxylic acids is 2. The smallest absolute Gasteiger partial charge is 0.262 e. The largest absolute Gasteiger partial charge is 0.490 e. The Morgan fingerprint density at radius 2 is 2.00 bits per heavy atom. The molecule has 1 atom stereocenters. The van der Waals surface area contributed by atoms with Crippen molar-refractivity contribution >= 4 is 23.5 Å². The van der Waals surface area contributed by atoms with Crippen LogP contribution < -0.4 is 20.1 Å². The molecule has 0 bridgehead atoms. The number of carbonyl (C=O) groups is 2. The lowest BCUT2D eigenvalue weighted by atomic mass is 10.0. The van der Waals surface area contributed by atoms with Gasteiger partial charge in [0.1, 0.15) is 6.33 Å². The first-order chi connectivity index (χ1) is 15.0. The van der Waals surface area contributed by atoms with Gasteiger partial charge in [-0.3, -0.25) is 14.9 Å². The molecule has 0 spiro atoms. The second-order valence-corrected chi connectivity index (χ2v) is 7.14. The fourth-order valence-electron chi connectivity index (χ4n) is 3.36. The average molecular weight is 421 g/mol. The molecule has 0 saturated carbocycles. The molecule has 160 valence electrons. The molecule has 3 aromatic rings. The molecule has 1 aliphatic rings. The highest BCUT2D eigenvalue weighted by atomic mass is 16.5. The van der Waals surface area contributed by atoms with Crippen LogP contribution in [0.3, 0.4) is 0 Å². The standard InChI is InChI=1S/C22H23N5O4/c1-3-30-19-10-15(17-11-20(28)26-22-23-13-24-27(17)22)6-9-18(19)31-12-21(29)25-16-7-4-14(2)5-8-16/h4-10,13,17H,3,11-12H2,1-2H3,(H,25,29)(H,23,24,26,28)/t17-/m0/s1. The topological polar surface area (TPSA) is 107 Å². The van der Waals surface area contributed by atoms with Crippen molar-refractivity contribution in [3.8, 4) is 11.5 Å². The fraction of sp³-hybridized carbons (Fsp3) is 0.273. The summed E-state index contributed by atoms with van der Waals surface area (Å²) in [7, 11) is 0. The van der Waals surface area contributed by atoms with Crippen LogP contribution in [0.15, 0.2) is 48.8 Å². The number of amides is 2. The number of aromatic nitrogens is 3. The maximum absolute atomic E-state index is 12.3. The summed E-state index contributed by atoms with van der Waals surface area (Å²) in [6.45, 7) is 4.11. The van der Waals surface area contributed by atoms with E-state index in [4.69, 9.17) is 9.47 Å². The highest BCUT2D eigenvalue weighted by Crippen LogP contribution is 2.35. The van der Waals surface area contributed by atoms with E-state index < -0.39 is 0 Å². The van der Waals surface area contributed by atoms with Crippen LogP contribution in [0.4, 0.5) is 11.6 Å². The second-order valence-electron chi connectivity index (χ2n) is 7.14. The predicted molar refractivity (Wildman–Crippen MR) is 114 cm³/mol. The average Bonchev–Trinajstić information content (AvgIpc) is 3.22. The molecule has 0 fully saturated rings. The van der Waals surface area contributed by atoms with Crippen molar-refractivity contribution < 1.29 is 19.1 Å². The number of aryl methyl sites for hydroxylation is 1. The van der Waals surface area contributed by atoms with Gasteiger partial charge in [0.15, 0.2) is 18.1 Å². The Kier molecular flexibility index (Phi) is 5.83. The van der Waals surface area contributed by atoms with Crippen molar-refractivity contribution in [1.82, 2.24) is 14.8 Å². The summed E-state index contributed by atoms with van der Waals surface area (Å²) in [6, 6.07) is 12.6. The molecule has 1 aromatic heterocycles. The lowest BCUT2D eigenvalue weighted by Crippen LogP contribution is -2.29. The van der Waals surface area contributed by atoms with E-state index in [0.717, 1.165) is 11.1 Å². The Labute approximate surface area is 179 Å². The monoisotopic (exact) mass is 421 g/mol. The molecule has 31 heavy (non-hydrogen) atoms. The van der Waals surface area contributed by atoms with Crippen LogP contribution in [0.2, 0.25) is 0 Å². The van der Waals surface area contributed by atoms with E-state index in [2.05, 4.69) is 20.7 Å². The predicted octanol–water partition coefficient (Wildman–Crippen LogP) is 2.93. The van der Waals surface area contributed by atoms with Crippen LogP contribution in [-0.4, -0.2) is 39.8 Å². The number of ether oxygens (including phenoxy) is 2. The number of benzene rings is 2. The lowest BCUT2D eigenvalue weighted by Gasteiger charge is -2.24. The van der Waals surface area contributed by atoms with Crippen LogP contribution in [0.1, 0.15) is 30.5 Å². The Balaban J connectivity index is 1.48. The van der Waals surface area contributed by atoms with Crippen molar-refractivity contribution in [2.24, 2.45) is 0 Å². The quantitative estimate of drug-likeness (QED) is 0.607. The van der Waals surface area contributed by atoms with Crippen molar-refractivity contribution in [3.63, 3.8) is 0 Å². The summed E-state index contributed by atoms with van der Waals surface area (Å²) in [5.74, 6) is 0.954. The zero-order valence-corrected chi connectivity index (χ0v) is 17.3. The van der Waals surface area contributed by atoms with Gasteiger partial charge >= 0.3 is 0 Å². The lowest BCUT2D eigenvalue weighted by molar-refractivity contribution is -0.118. The number of hydrogen-bond donors (Lipinski definition) is 2. The molecule has 0 aliphatic carbocycles. The summed E-state index contributed by atoms with van der Waals surface area (Å²) in [6.07, 6.45) is 1.64. The minimum Gasteiger partial charge on any atom is -0.490 e. The first kappa shape index (κ1) is 20.4. The first-order valence-electron chi connectivity index (χ1n) is 9.99. The van der Waals surface area contributed by atoms with Gasteiger partial charge in [0.05, 0.1) is 19.1 Å². The van der Waals surface area contributed by atoms with Gasteiger partial charge in [0.2, 0.25) is 11.9 Å². The number of fused-ring (bicyclic) bond motifs is 1. The third-order valence-electron chi connectivity index (χ3n) is 4.84. The van der Waals surface area contributed by atoms with Crippen LogP contribution >= 0.6 is 0 Å². The molecule has 0 radical (unpaired) electrons. The van der Waals surface area contributed by atoms with E-state index in [1.54, 1.807) is 10.7 Å². The van der Waals surface area contributed by atoms with Gasteiger partial charge < -0.3 is 14.8 Å². The Bertz CT molecular complexity index is 1090. The zero-order chi connectivity index (χ0) is 21.8. The molecule has 9 heteroatoms. The van der Waals surface area contributed by atoms with Gasteiger partial charge in [0, 0.05) is 5.69 Å². The molecule has 4 rings (SSSR count). The van der Waals surface area contributed by atoms with Gasteiger partial charge in [-0.2, -0.15) is 10.1 Å². The molecule has 2 amide bonds. The van der Waals surface area contributed by atoms with Gasteiger partial charge in [-0.05, 0) is 43.7 Å². The SMILES string of the molecule is CCOc1cc([C@@H]2CC(=O)Nc3ncnn32)ccc1OCC(=O)Nc1ccc(C)cc1. The molecular weight excluding hydrogens is 398 g/mol. The van der Waals surface area contributed by atoms with Crippen LogP contribution in [0.25, 0.3) is 0 Å². The van der Waals surface area contributed by atoms with E-state index in [-0.39, 0.29) is 30.9 Å². The van der Waals surface area contributed by atoms with Crippen molar-refractivity contribution in [2.45, 2.75) is 26.3 Å². The fourth-order valence-corrected chi connectivity index (χ4v) is 3.36. The molecule has 9 nitrogen and oxygen atoms in total. The van der Waals surface area contributed by atoms with Crippen LogP contribution in [-0.2, 0) is 9.59 Å². The van der Waals surface area contributed by atoms with E-state index in [9.17, 15) is 9.59 Å². The van der Waals surface area contributed by atoms with Gasteiger partial charge in [-0.15, -0.1) is 0 Å². The zero-order valence-electron chi connectivity index (χ0n) is 17.3. The van der Waals surface area contributed by atoms with Crippen molar-refractivity contribution in [2.75, 3.05) is 23.8 Å². The maximum Gasteiger partial charge on any atom is 0.262 e. The molecule has 2 heterocycles. The Hall–Kier alpha value is -3.88. The number of hydrogen-bond acceptors (Lipinski definition) is 6. The molecule has 2 aromatic carbocycles. The molecular formula is C22H23N5O4. The highest BCUT2D eigenvalue weighted by molar-refractivity contribution is 5.92. The summed E-state index contributed by atoms with van der Waals surface area (Å²) in [5, 5.41) is 9.71. The maximum atomic E-state index is 12.3. The highest BCUT2D eigenvalue weighted by Gasteiger charge is 2.28. The minimum atomic E-state index is -0.302.